The maximum Gasteiger partial charge on any atom is 0.110 e. The van der Waals surface area contributed by atoms with Crippen LogP contribution in [0.1, 0.15) is 13.3 Å². The first kappa shape index (κ1) is 13.7. The fourth-order valence-electron chi connectivity index (χ4n) is 1.97. The van der Waals surface area contributed by atoms with Crippen LogP contribution in [0.4, 0.5) is 11.4 Å². The van der Waals surface area contributed by atoms with Gasteiger partial charge in [0.15, 0.2) is 0 Å². The van der Waals surface area contributed by atoms with Crippen molar-refractivity contribution in [2.24, 2.45) is 0 Å². The number of rotatable bonds is 3. The highest BCUT2D eigenvalue weighted by molar-refractivity contribution is 6.42. The average molecular weight is 291 g/mol. The van der Waals surface area contributed by atoms with Crippen molar-refractivity contribution in [2.45, 2.75) is 25.0 Å². The summed E-state index contributed by atoms with van der Waals surface area (Å²) in [7, 11) is 0. The fourth-order valence-corrected chi connectivity index (χ4v) is 2.30. The predicted molar refractivity (Wildman–Crippen MR) is 74.3 cm³/mol. The molecular formula is C12H16Cl2N2O2. The fraction of sp³-hybridized carbons (Fsp3) is 0.500. The summed E-state index contributed by atoms with van der Waals surface area (Å²) >= 11 is 11.8. The molecule has 100 valence electrons. The van der Waals surface area contributed by atoms with Crippen LogP contribution < -0.4 is 11.1 Å². The molecule has 4 nitrogen and oxygen atoms in total. The van der Waals surface area contributed by atoms with Crippen molar-refractivity contribution in [2.75, 3.05) is 24.2 Å². The Morgan fingerprint density at radius 2 is 2.17 bits per heavy atom. The van der Waals surface area contributed by atoms with E-state index in [9.17, 15) is 5.11 Å². The molecule has 2 rings (SSSR count). The average Bonchev–Trinajstić information content (AvgIpc) is 2.63. The molecule has 18 heavy (non-hydrogen) atoms. The Bertz CT molecular complexity index is 456. The minimum Gasteiger partial charge on any atom is -0.397 e. The molecule has 0 amide bonds. The van der Waals surface area contributed by atoms with Gasteiger partial charge in [0.05, 0.1) is 27.5 Å². The zero-order valence-corrected chi connectivity index (χ0v) is 11.6. The lowest BCUT2D eigenvalue weighted by atomic mass is 9.96. The summed E-state index contributed by atoms with van der Waals surface area (Å²) in [4.78, 5) is 0. The molecule has 2 atom stereocenters. The largest absolute Gasteiger partial charge is 0.397 e. The van der Waals surface area contributed by atoms with Crippen LogP contribution in [0.3, 0.4) is 0 Å². The third kappa shape index (κ3) is 2.67. The van der Waals surface area contributed by atoms with Crippen molar-refractivity contribution in [3.05, 3.63) is 22.2 Å². The Morgan fingerprint density at radius 3 is 2.78 bits per heavy atom. The number of hydrogen-bond acceptors (Lipinski definition) is 4. The summed E-state index contributed by atoms with van der Waals surface area (Å²) in [5.41, 5.74) is 6.12. The number of halogens is 2. The van der Waals surface area contributed by atoms with Gasteiger partial charge in [-0.2, -0.15) is 0 Å². The third-order valence-corrected chi connectivity index (χ3v) is 4.06. The zero-order valence-electron chi connectivity index (χ0n) is 10.0. The Morgan fingerprint density at radius 1 is 1.50 bits per heavy atom. The molecule has 1 aromatic carbocycles. The van der Waals surface area contributed by atoms with E-state index in [-0.39, 0.29) is 6.10 Å². The molecule has 6 heteroatoms. The van der Waals surface area contributed by atoms with Crippen molar-refractivity contribution in [1.82, 2.24) is 0 Å². The van der Waals surface area contributed by atoms with E-state index in [1.54, 1.807) is 12.1 Å². The van der Waals surface area contributed by atoms with Crippen molar-refractivity contribution in [3.63, 3.8) is 0 Å². The minimum atomic E-state index is -0.876. The van der Waals surface area contributed by atoms with Crippen LogP contribution in [0.2, 0.25) is 10.0 Å². The molecule has 1 fully saturated rings. The first-order valence-corrected chi connectivity index (χ1v) is 6.50. The minimum absolute atomic E-state index is 0.200. The van der Waals surface area contributed by atoms with Crippen LogP contribution in [-0.4, -0.2) is 30.0 Å². The van der Waals surface area contributed by atoms with E-state index in [0.29, 0.717) is 41.0 Å². The second-order valence-electron chi connectivity index (χ2n) is 4.57. The number of nitrogen functional groups attached to an aromatic ring is 1. The van der Waals surface area contributed by atoms with Gasteiger partial charge in [-0.05, 0) is 19.1 Å². The quantitative estimate of drug-likeness (QED) is 0.749. The lowest BCUT2D eigenvalue weighted by Gasteiger charge is -2.27. The highest BCUT2D eigenvalue weighted by Gasteiger charge is 2.39. The summed E-state index contributed by atoms with van der Waals surface area (Å²) in [6, 6.07) is 3.24. The SMILES string of the molecule is CC1OCCC1(O)CNc1cc(Cl)c(Cl)cc1N. The molecule has 0 aliphatic carbocycles. The number of anilines is 2. The smallest absolute Gasteiger partial charge is 0.110 e. The van der Waals surface area contributed by atoms with Crippen molar-refractivity contribution >= 4 is 34.6 Å². The van der Waals surface area contributed by atoms with Crippen LogP contribution >= 0.6 is 23.2 Å². The Labute approximate surface area is 116 Å². The topological polar surface area (TPSA) is 67.5 Å². The molecule has 1 aliphatic rings. The maximum atomic E-state index is 10.3. The maximum absolute atomic E-state index is 10.3. The molecule has 4 N–H and O–H groups in total. The molecule has 0 radical (unpaired) electrons. The summed E-state index contributed by atoms with van der Waals surface area (Å²) in [6.45, 7) is 2.78. The van der Waals surface area contributed by atoms with Crippen LogP contribution in [0, 0.1) is 0 Å². The standard InChI is InChI=1S/C12H16Cl2N2O2/c1-7-12(17,2-3-18-7)6-16-11-5-9(14)8(13)4-10(11)15/h4-5,7,16-17H,2-3,6,15H2,1H3. The van der Waals surface area contributed by atoms with Gasteiger partial charge in [-0.15, -0.1) is 0 Å². The van der Waals surface area contributed by atoms with Crippen molar-refractivity contribution in [3.8, 4) is 0 Å². The Balaban J connectivity index is 2.09. The number of hydrogen-bond donors (Lipinski definition) is 3. The van der Waals surface area contributed by atoms with E-state index in [1.165, 1.54) is 0 Å². The van der Waals surface area contributed by atoms with E-state index in [1.807, 2.05) is 6.92 Å². The predicted octanol–water partition coefficient (Wildman–Crippen LogP) is 2.53. The summed E-state index contributed by atoms with van der Waals surface area (Å²) in [5, 5.41) is 14.3. The molecule has 0 saturated carbocycles. The highest BCUT2D eigenvalue weighted by atomic mass is 35.5. The van der Waals surface area contributed by atoms with Crippen LogP contribution in [0.15, 0.2) is 12.1 Å². The van der Waals surface area contributed by atoms with E-state index in [0.717, 1.165) is 0 Å². The highest BCUT2D eigenvalue weighted by Crippen LogP contribution is 2.32. The molecule has 1 aromatic rings. The van der Waals surface area contributed by atoms with Gasteiger partial charge >= 0.3 is 0 Å². The second kappa shape index (κ2) is 5.13. The zero-order chi connectivity index (χ0) is 13.3. The van der Waals surface area contributed by atoms with E-state index in [4.69, 9.17) is 33.7 Å². The number of nitrogens with two attached hydrogens (primary N) is 1. The first-order chi connectivity index (χ1) is 8.42. The van der Waals surface area contributed by atoms with Gasteiger partial charge in [0.25, 0.3) is 0 Å². The van der Waals surface area contributed by atoms with Gasteiger partial charge in [-0.3, -0.25) is 0 Å². The molecule has 1 saturated heterocycles. The lowest BCUT2D eigenvalue weighted by Crippen LogP contribution is -2.43. The second-order valence-corrected chi connectivity index (χ2v) is 5.39. The monoisotopic (exact) mass is 290 g/mol. The van der Waals surface area contributed by atoms with Crippen LogP contribution in [0.25, 0.3) is 0 Å². The van der Waals surface area contributed by atoms with Crippen molar-refractivity contribution in [1.29, 1.82) is 0 Å². The van der Waals surface area contributed by atoms with E-state index < -0.39 is 5.60 Å². The lowest BCUT2D eigenvalue weighted by molar-refractivity contribution is -0.0175. The summed E-state index contributed by atoms with van der Waals surface area (Å²) in [5.74, 6) is 0. The Hall–Kier alpha value is -0.680. The molecule has 0 bridgehead atoms. The van der Waals surface area contributed by atoms with Gasteiger partial charge in [-0.1, -0.05) is 23.2 Å². The Kier molecular flexibility index (Phi) is 3.92. The van der Waals surface area contributed by atoms with Gasteiger partial charge in [-0.25, -0.2) is 0 Å². The number of ether oxygens (including phenoxy) is 1. The third-order valence-electron chi connectivity index (χ3n) is 3.34. The molecule has 1 aliphatic heterocycles. The van der Waals surface area contributed by atoms with E-state index in [2.05, 4.69) is 5.32 Å². The summed E-state index contributed by atoms with van der Waals surface area (Å²) < 4.78 is 5.36. The van der Waals surface area contributed by atoms with Gasteiger partial charge in [0.2, 0.25) is 0 Å². The van der Waals surface area contributed by atoms with Crippen molar-refractivity contribution < 1.29 is 9.84 Å². The number of benzene rings is 1. The number of nitrogens with one attached hydrogen (secondary N) is 1. The molecule has 2 unspecified atom stereocenters. The number of aliphatic hydroxyl groups is 1. The summed E-state index contributed by atoms with van der Waals surface area (Å²) in [6.07, 6.45) is 0.400. The van der Waals surface area contributed by atoms with E-state index >= 15 is 0 Å². The molecule has 0 spiro atoms. The van der Waals surface area contributed by atoms with Gasteiger partial charge < -0.3 is 20.9 Å². The normalized spacial score (nSPS) is 27.4. The molecular weight excluding hydrogens is 275 g/mol. The van der Waals surface area contributed by atoms with Crippen LogP contribution in [0.5, 0.6) is 0 Å². The molecule has 1 heterocycles. The molecule has 0 aromatic heterocycles. The van der Waals surface area contributed by atoms with Gasteiger partial charge in [0.1, 0.15) is 5.60 Å². The van der Waals surface area contributed by atoms with Gasteiger partial charge in [0, 0.05) is 19.6 Å². The first-order valence-electron chi connectivity index (χ1n) is 5.75. The van der Waals surface area contributed by atoms with Crippen LogP contribution in [-0.2, 0) is 4.74 Å².